The molecule has 2 aromatic rings. The molecule has 0 saturated carbocycles. The largest absolute Gasteiger partial charge is 0.344 e. The number of halogens is 1. The van der Waals surface area contributed by atoms with Crippen molar-refractivity contribution in [3.05, 3.63) is 40.4 Å². The molecule has 1 N–H and O–H groups in total. The fourth-order valence-corrected chi connectivity index (χ4v) is 2.52. The van der Waals surface area contributed by atoms with Crippen LogP contribution in [0.4, 0.5) is 0 Å². The maximum atomic E-state index is 6.39. The van der Waals surface area contributed by atoms with E-state index in [1.165, 1.54) is 5.69 Å². The summed E-state index contributed by atoms with van der Waals surface area (Å²) in [5, 5.41) is 8.60. The van der Waals surface area contributed by atoms with Gasteiger partial charge in [0.05, 0.1) is 23.0 Å². The Morgan fingerprint density at radius 1 is 1.37 bits per heavy atom. The highest BCUT2D eigenvalue weighted by Crippen LogP contribution is 2.22. The first-order valence-corrected chi connectivity index (χ1v) is 7.10. The standard InChI is InChI=1S/C14H21ClN4/c1-4-12-14(15)13(18(3)17-12)10-19-8-6-7-11(19)9-16-5-2/h6-8,16H,4-5,9-10H2,1-3H3. The topological polar surface area (TPSA) is 34.8 Å². The van der Waals surface area contributed by atoms with Crippen LogP contribution < -0.4 is 5.32 Å². The van der Waals surface area contributed by atoms with Crippen molar-refractivity contribution in [3.63, 3.8) is 0 Å². The normalized spacial score (nSPS) is 11.2. The van der Waals surface area contributed by atoms with Crippen LogP contribution in [0, 0.1) is 0 Å². The number of hydrogen-bond acceptors (Lipinski definition) is 2. The van der Waals surface area contributed by atoms with E-state index in [1.54, 1.807) is 0 Å². The van der Waals surface area contributed by atoms with Crippen molar-refractivity contribution < 1.29 is 0 Å². The summed E-state index contributed by atoms with van der Waals surface area (Å²) >= 11 is 6.39. The minimum Gasteiger partial charge on any atom is -0.344 e. The molecular weight excluding hydrogens is 260 g/mol. The summed E-state index contributed by atoms with van der Waals surface area (Å²) in [7, 11) is 1.95. The molecule has 0 bridgehead atoms. The Hall–Kier alpha value is -1.26. The number of rotatable bonds is 6. The molecule has 0 amide bonds. The van der Waals surface area contributed by atoms with Crippen LogP contribution in [0.15, 0.2) is 18.3 Å². The Labute approximate surface area is 119 Å². The highest BCUT2D eigenvalue weighted by atomic mass is 35.5. The van der Waals surface area contributed by atoms with Crippen molar-refractivity contribution >= 4 is 11.6 Å². The third kappa shape index (κ3) is 3.01. The second kappa shape index (κ2) is 6.26. The van der Waals surface area contributed by atoms with Gasteiger partial charge in [-0.25, -0.2) is 0 Å². The van der Waals surface area contributed by atoms with Gasteiger partial charge >= 0.3 is 0 Å². The van der Waals surface area contributed by atoms with E-state index in [2.05, 4.69) is 47.2 Å². The Morgan fingerprint density at radius 2 is 2.16 bits per heavy atom. The van der Waals surface area contributed by atoms with Gasteiger partial charge in [0.1, 0.15) is 0 Å². The molecule has 19 heavy (non-hydrogen) atoms. The molecule has 0 fully saturated rings. The van der Waals surface area contributed by atoms with Crippen molar-refractivity contribution in [3.8, 4) is 0 Å². The van der Waals surface area contributed by atoms with Crippen LogP contribution >= 0.6 is 11.6 Å². The molecule has 0 aliphatic rings. The van der Waals surface area contributed by atoms with E-state index in [9.17, 15) is 0 Å². The molecule has 0 saturated heterocycles. The minimum absolute atomic E-state index is 0.760. The zero-order valence-corrected chi connectivity index (χ0v) is 12.5. The monoisotopic (exact) mass is 280 g/mol. The van der Waals surface area contributed by atoms with E-state index >= 15 is 0 Å². The SMILES string of the molecule is CCNCc1cccn1Cc1c(Cl)c(CC)nn1C. The molecule has 2 heterocycles. The summed E-state index contributed by atoms with van der Waals surface area (Å²) in [4.78, 5) is 0. The van der Waals surface area contributed by atoms with Crippen molar-refractivity contribution in [1.82, 2.24) is 19.7 Å². The lowest BCUT2D eigenvalue weighted by atomic mass is 10.3. The molecule has 0 aromatic carbocycles. The molecule has 0 unspecified atom stereocenters. The summed E-state index contributed by atoms with van der Waals surface area (Å²) in [6.45, 7) is 6.79. The Bertz CT molecular complexity index is 542. The van der Waals surface area contributed by atoms with Crippen LogP contribution in [0.25, 0.3) is 0 Å². The first-order chi connectivity index (χ1) is 9.17. The van der Waals surface area contributed by atoms with Gasteiger partial charge in [0, 0.05) is 25.5 Å². The van der Waals surface area contributed by atoms with Crippen molar-refractivity contribution in [2.45, 2.75) is 33.4 Å². The second-order valence-electron chi connectivity index (χ2n) is 4.59. The molecule has 0 aliphatic heterocycles. The highest BCUT2D eigenvalue weighted by Gasteiger charge is 2.14. The third-order valence-electron chi connectivity index (χ3n) is 3.30. The van der Waals surface area contributed by atoms with Crippen LogP contribution in [0.3, 0.4) is 0 Å². The summed E-state index contributed by atoms with van der Waals surface area (Å²) in [6.07, 6.45) is 2.95. The van der Waals surface area contributed by atoms with Gasteiger partial charge in [0.25, 0.3) is 0 Å². The lowest BCUT2D eigenvalue weighted by Crippen LogP contribution is -2.16. The first-order valence-electron chi connectivity index (χ1n) is 6.72. The van der Waals surface area contributed by atoms with Crippen LogP contribution in [0.5, 0.6) is 0 Å². The lowest BCUT2D eigenvalue weighted by molar-refractivity contribution is 0.621. The summed E-state index contributed by atoms with van der Waals surface area (Å²) in [5.74, 6) is 0. The van der Waals surface area contributed by atoms with Gasteiger partial charge in [-0.1, -0.05) is 25.4 Å². The molecule has 4 nitrogen and oxygen atoms in total. The maximum absolute atomic E-state index is 6.39. The van der Waals surface area contributed by atoms with E-state index in [-0.39, 0.29) is 0 Å². The van der Waals surface area contributed by atoms with Gasteiger partial charge in [-0.3, -0.25) is 4.68 Å². The zero-order valence-electron chi connectivity index (χ0n) is 11.8. The average Bonchev–Trinajstić information content (AvgIpc) is 2.95. The van der Waals surface area contributed by atoms with Crippen LogP contribution in [-0.2, 0) is 26.6 Å². The third-order valence-corrected chi connectivity index (χ3v) is 3.74. The van der Waals surface area contributed by atoms with E-state index < -0.39 is 0 Å². The average molecular weight is 281 g/mol. The number of aromatic nitrogens is 3. The molecule has 0 aliphatic carbocycles. The highest BCUT2D eigenvalue weighted by molar-refractivity contribution is 6.31. The van der Waals surface area contributed by atoms with Gasteiger partial charge in [0.2, 0.25) is 0 Å². The zero-order chi connectivity index (χ0) is 13.8. The molecule has 104 valence electrons. The van der Waals surface area contributed by atoms with Gasteiger partial charge in [-0.05, 0) is 25.1 Å². The number of hydrogen-bond donors (Lipinski definition) is 1. The Kier molecular flexibility index (Phi) is 4.66. The number of nitrogens with zero attached hydrogens (tertiary/aromatic N) is 3. The van der Waals surface area contributed by atoms with Crippen molar-refractivity contribution in [2.24, 2.45) is 7.05 Å². The lowest BCUT2D eigenvalue weighted by Gasteiger charge is -2.10. The Morgan fingerprint density at radius 3 is 2.79 bits per heavy atom. The van der Waals surface area contributed by atoms with E-state index in [0.717, 1.165) is 42.5 Å². The van der Waals surface area contributed by atoms with E-state index in [1.807, 2.05) is 11.7 Å². The quantitative estimate of drug-likeness (QED) is 0.883. The van der Waals surface area contributed by atoms with Gasteiger partial charge in [-0.15, -0.1) is 0 Å². The Balaban J connectivity index is 2.21. The smallest absolute Gasteiger partial charge is 0.0868 e. The van der Waals surface area contributed by atoms with Gasteiger partial charge in [-0.2, -0.15) is 5.10 Å². The molecule has 5 heteroatoms. The first kappa shape index (κ1) is 14.2. The summed E-state index contributed by atoms with van der Waals surface area (Å²) in [5.41, 5.74) is 3.30. The fraction of sp³-hybridized carbons (Fsp3) is 0.500. The number of nitrogens with one attached hydrogen (secondary N) is 1. The molecular formula is C14H21ClN4. The van der Waals surface area contributed by atoms with Gasteiger partial charge < -0.3 is 9.88 Å². The minimum atomic E-state index is 0.760. The van der Waals surface area contributed by atoms with Crippen LogP contribution in [-0.4, -0.2) is 20.9 Å². The fourth-order valence-electron chi connectivity index (χ4n) is 2.17. The van der Waals surface area contributed by atoms with Crippen molar-refractivity contribution in [1.29, 1.82) is 0 Å². The number of aryl methyl sites for hydroxylation is 2. The van der Waals surface area contributed by atoms with Crippen LogP contribution in [0.2, 0.25) is 5.02 Å². The predicted molar refractivity (Wildman–Crippen MR) is 78.5 cm³/mol. The second-order valence-corrected chi connectivity index (χ2v) is 4.97. The molecule has 0 radical (unpaired) electrons. The molecule has 0 spiro atoms. The molecule has 2 aromatic heterocycles. The maximum Gasteiger partial charge on any atom is 0.0868 e. The summed E-state index contributed by atoms with van der Waals surface area (Å²) in [6, 6.07) is 4.20. The van der Waals surface area contributed by atoms with E-state index in [0.29, 0.717) is 0 Å². The van der Waals surface area contributed by atoms with E-state index in [4.69, 9.17) is 11.6 Å². The molecule has 0 atom stereocenters. The predicted octanol–water partition coefficient (Wildman–Crippen LogP) is 2.60. The summed E-state index contributed by atoms with van der Waals surface area (Å²) < 4.78 is 4.10. The van der Waals surface area contributed by atoms with Crippen LogP contribution in [0.1, 0.15) is 30.9 Å². The molecule has 2 rings (SSSR count). The van der Waals surface area contributed by atoms with Crippen molar-refractivity contribution in [2.75, 3.05) is 6.54 Å². The van der Waals surface area contributed by atoms with Gasteiger partial charge in [0.15, 0.2) is 0 Å².